The van der Waals surface area contributed by atoms with Gasteiger partial charge in [-0.15, -0.1) is 0 Å². The van der Waals surface area contributed by atoms with E-state index in [0.29, 0.717) is 23.8 Å². The monoisotopic (exact) mass is 451 g/mol. The van der Waals surface area contributed by atoms with Gasteiger partial charge >= 0.3 is 5.97 Å². The molecule has 0 spiro atoms. The van der Waals surface area contributed by atoms with Crippen molar-refractivity contribution in [1.82, 2.24) is 19.3 Å². The summed E-state index contributed by atoms with van der Waals surface area (Å²) in [6, 6.07) is 25.3. The van der Waals surface area contributed by atoms with E-state index in [1.807, 2.05) is 53.1 Å². The molecule has 2 aromatic heterocycles. The van der Waals surface area contributed by atoms with Crippen LogP contribution < -0.4 is 11.3 Å². The van der Waals surface area contributed by atoms with Gasteiger partial charge in [-0.1, -0.05) is 42.5 Å². The third-order valence-electron chi connectivity index (χ3n) is 5.62. The highest BCUT2D eigenvalue weighted by atomic mass is 16.4. The van der Waals surface area contributed by atoms with E-state index in [1.54, 1.807) is 24.3 Å². The van der Waals surface area contributed by atoms with E-state index in [1.165, 1.54) is 16.8 Å². The number of fused-ring (bicyclic) bond motifs is 1. The Kier molecular flexibility index (Phi) is 5.39. The van der Waals surface area contributed by atoms with Crippen LogP contribution in [-0.4, -0.2) is 30.4 Å². The van der Waals surface area contributed by atoms with E-state index in [9.17, 15) is 14.7 Å². The fourth-order valence-electron chi connectivity index (χ4n) is 3.96. The first-order valence-electron chi connectivity index (χ1n) is 10.7. The van der Waals surface area contributed by atoms with Crippen LogP contribution in [0, 0.1) is 0 Å². The van der Waals surface area contributed by atoms with Gasteiger partial charge in [-0.25, -0.2) is 14.5 Å². The third-order valence-corrected chi connectivity index (χ3v) is 5.62. The van der Waals surface area contributed by atoms with Crippen molar-refractivity contribution in [3.63, 3.8) is 0 Å². The second-order valence-corrected chi connectivity index (χ2v) is 7.97. The number of para-hydroxylation sites is 2. The summed E-state index contributed by atoms with van der Waals surface area (Å²) < 4.78 is 3.29. The van der Waals surface area contributed by atoms with Crippen molar-refractivity contribution in [3.8, 4) is 11.3 Å². The summed E-state index contributed by atoms with van der Waals surface area (Å²) in [5.74, 6) is -0.569. The fourth-order valence-corrected chi connectivity index (χ4v) is 3.96. The van der Waals surface area contributed by atoms with Crippen molar-refractivity contribution in [1.29, 1.82) is 0 Å². The van der Waals surface area contributed by atoms with Gasteiger partial charge in [-0.05, 0) is 47.5 Å². The lowest BCUT2D eigenvalue weighted by molar-refractivity contribution is 0.0696. The molecule has 0 fully saturated rings. The number of nitrogen functional groups attached to an aromatic ring is 1. The maximum absolute atomic E-state index is 12.4. The molecule has 0 aliphatic heterocycles. The third kappa shape index (κ3) is 4.16. The molecule has 5 aromatic rings. The van der Waals surface area contributed by atoms with Gasteiger partial charge in [0, 0.05) is 11.6 Å². The molecule has 34 heavy (non-hydrogen) atoms. The van der Waals surface area contributed by atoms with Gasteiger partial charge in [0.25, 0.3) is 5.56 Å². The molecule has 0 saturated carbocycles. The van der Waals surface area contributed by atoms with Crippen LogP contribution in [0.1, 0.15) is 21.5 Å². The fraction of sp³-hybridized carbons (Fsp3) is 0.0769. The summed E-state index contributed by atoms with van der Waals surface area (Å²) in [6.45, 7) is 0.715. The number of carboxylic acids is 1. The zero-order valence-electron chi connectivity index (χ0n) is 18.1. The van der Waals surface area contributed by atoms with Crippen molar-refractivity contribution in [2.75, 3.05) is 5.73 Å². The Morgan fingerprint density at radius 1 is 0.882 bits per heavy atom. The molecule has 3 aromatic carbocycles. The lowest BCUT2D eigenvalue weighted by Crippen LogP contribution is -2.23. The second-order valence-electron chi connectivity index (χ2n) is 7.97. The highest BCUT2D eigenvalue weighted by Crippen LogP contribution is 2.22. The Bertz CT molecular complexity index is 1590. The Balaban J connectivity index is 1.45. The molecule has 5 rings (SSSR count). The minimum Gasteiger partial charge on any atom is -0.478 e. The second kappa shape index (κ2) is 8.67. The number of carboxylic acid groups (broad SMARTS) is 1. The normalized spacial score (nSPS) is 11.1. The largest absolute Gasteiger partial charge is 0.478 e. The number of nitrogens with zero attached hydrogens (tertiary/aromatic N) is 4. The molecule has 0 bridgehead atoms. The summed E-state index contributed by atoms with van der Waals surface area (Å²) in [4.78, 5) is 28.1. The summed E-state index contributed by atoms with van der Waals surface area (Å²) in [6.07, 6.45) is 0. The highest BCUT2D eigenvalue weighted by molar-refractivity contribution is 5.87. The summed E-state index contributed by atoms with van der Waals surface area (Å²) >= 11 is 0. The van der Waals surface area contributed by atoms with Crippen LogP contribution in [0.3, 0.4) is 0 Å². The minimum atomic E-state index is -1.01. The van der Waals surface area contributed by atoms with Gasteiger partial charge in [0.2, 0.25) is 5.95 Å². The van der Waals surface area contributed by atoms with Gasteiger partial charge < -0.3 is 15.4 Å². The van der Waals surface area contributed by atoms with Crippen LogP contribution in [0.2, 0.25) is 0 Å². The molecule has 8 heteroatoms. The van der Waals surface area contributed by atoms with Gasteiger partial charge in [0.1, 0.15) is 0 Å². The zero-order chi connectivity index (χ0) is 23.7. The molecule has 168 valence electrons. The number of anilines is 1. The smallest absolute Gasteiger partial charge is 0.335 e. The van der Waals surface area contributed by atoms with Crippen molar-refractivity contribution in [2.24, 2.45) is 0 Å². The lowest BCUT2D eigenvalue weighted by Gasteiger charge is -2.10. The number of imidazole rings is 1. The molecular weight excluding hydrogens is 430 g/mol. The van der Waals surface area contributed by atoms with Crippen molar-refractivity contribution in [2.45, 2.75) is 13.1 Å². The average Bonchev–Trinajstić information content (AvgIpc) is 3.16. The maximum atomic E-state index is 12.4. The molecule has 2 heterocycles. The first kappa shape index (κ1) is 21.1. The number of hydrogen-bond acceptors (Lipinski definition) is 5. The summed E-state index contributed by atoms with van der Waals surface area (Å²) in [7, 11) is 0. The maximum Gasteiger partial charge on any atom is 0.335 e. The van der Waals surface area contributed by atoms with Crippen molar-refractivity contribution < 1.29 is 9.90 Å². The standard InChI is InChI=1S/C26H21N5O3/c27-26-28-22-9-1-2-10-23(22)30(26)15-17-5-3-7-19(13-17)21-11-12-24(32)31(29-21)16-18-6-4-8-20(14-18)25(33)34/h1-14H,15-16H2,(H2,27,28)(H,33,34). The molecule has 0 amide bonds. The van der Waals surface area contributed by atoms with Crippen LogP contribution in [0.15, 0.2) is 89.7 Å². The Labute approximate surface area is 194 Å². The minimum absolute atomic E-state index is 0.167. The SMILES string of the molecule is Nc1nc2ccccc2n1Cc1cccc(-c2ccc(=O)n(Cc3cccc(C(=O)O)c3)n2)c1. The van der Waals surface area contributed by atoms with Crippen molar-refractivity contribution in [3.05, 3.63) is 112 Å². The van der Waals surface area contributed by atoms with Crippen LogP contribution in [0.5, 0.6) is 0 Å². The summed E-state index contributed by atoms with van der Waals surface area (Å²) in [5, 5.41) is 13.7. The van der Waals surface area contributed by atoms with Gasteiger partial charge in [-0.2, -0.15) is 5.10 Å². The van der Waals surface area contributed by atoms with E-state index < -0.39 is 5.97 Å². The topological polar surface area (TPSA) is 116 Å². The van der Waals surface area contributed by atoms with Crippen LogP contribution in [0.4, 0.5) is 5.95 Å². The van der Waals surface area contributed by atoms with Crippen molar-refractivity contribution >= 4 is 23.0 Å². The van der Waals surface area contributed by atoms with E-state index >= 15 is 0 Å². The van der Waals surface area contributed by atoms with Gasteiger partial charge in [0.15, 0.2) is 0 Å². The summed E-state index contributed by atoms with van der Waals surface area (Å²) in [5.41, 5.74) is 11.1. The number of hydrogen-bond donors (Lipinski definition) is 2. The first-order chi connectivity index (χ1) is 16.5. The highest BCUT2D eigenvalue weighted by Gasteiger charge is 2.10. The van der Waals surface area contributed by atoms with Crippen LogP contribution in [0.25, 0.3) is 22.3 Å². The van der Waals surface area contributed by atoms with Gasteiger partial charge in [-0.3, -0.25) is 4.79 Å². The Morgan fingerprint density at radius 3 is 2.47 bits per heavy atom. The van der Waals surface area contributed by atoms with E-state index in [4.69, 9.17) is 5.73 Å². The molecule has 0 atom stereocenters. The molecule has 8 nitrogen and oxygen atoms in total. The number of rotatable bonds is 6. The number of carbonyl (C=O) groups is 1. The molecule has 0 unspecified atom stereocenters. The Hall–Kier alpha value is -4.72. The number of nitrogens with two attached hydrogens (primary N) is 1. The predicted octanol–water partition coefficient (Wildman–Crippen LogP) is 3.64. The molecule has 0 aliphatic rings. The predicted molar refractivity (Wildman–Crippen MR) is 130 cm³/mol. The quantitative estimate of drug-likeness (QED) is 0.407. The van der Waals surface area contributed by atoms with E-state index in [0.717, 1.165) is 22.2 Å². The molecule has 0 aliphatic carbocycles. The lowest BCUT2D eigenvalue weighted by atomic mass is 10.1. The van der Waals surface area contributed by atoms with Gasteiger partial charge in [0.05, 0.1) is 35.4 Å². The molecule has 0 saturated heterocycles. The first-order valence-corrected chi connectivity index (χ1v) is 10.7. The van der Waals surface area contributed by atoms with Crippen LogP contribution in [-0.2, 0) is 13.1 Å². The zero-order valence-corrected chi connectivity index (χ0v) is 18.1. The number of benzene rings is 3. The molecule has 3 N–H and O–H groups in total. The average molecular weight is 451 g/mol. The number of aromatic nitrogens is 4. The molecule has 0 radical (unpaired) electrons. The molecular formula is C26H21N5O3. The van der Waals surface area contributed by atoms with Crippen LogP contribution >= 0.6 is 0 Å². The van der Waals surface area contributed by atoms with E-state index in [2.05, 4.69) is 10.1 Å². The Morgan fingerprint density at radius 2 is 1.65 bits per heavy atom. The van der Waals surface area contributed by atoms with E-state index in [-0.39, 0.29) is 17.7 Å². The number of aromatic carboxylic acids is 1.